The maximum atomic E-state index is 12.3. The number of nitrogens with one attached hydrogen (secondary N) is 3. The highest BCUT2D eigenvalue weighted by atomic mass is 127. The molecule has 3 N–H and O–H groups in total. The number of alkyl carbamates (subject to hydrolysis) is 1. The van der Waals surface area contributed by atoms with Gasteiger partial charge in [0.2, 0.25) is 0 Å². The van der Waals surface area contributed by atoms with Crippen LogP contribution in [0.1, 0.15) is 34.6 Å². The van der Waals surface area contributed by atoms with Crippen molar-refractivity contribution in [3.8, 4) is 0 Å². The SMILES string of the molecule is CN=C(NCCN(C)CC(F)(F)F)NCC(C)(C)NC(=O)OC(C)(C)C.I. The minimum Gasteiger partial charge on any atom is -0.444 e. The second-order valence-electron chi connectivity index (χ2n) is 7.72. The Labute approximate surface area is 176 Å². The lowest BCUT2D eigenvalue weighted by atomic mass is 10.1. The van der Waals surface area contributed by atoms with E-state index in [2.05, 4.69) is 20.9 Å². The van der Waals surface area contributed by atoms with Gasteiger partial charge in [0.1, 0.15) is 5.60 Å². The lowest BCUT2D eigenvalue weighted by molar-refractivity contribution is -0.142. The summed E-state index contributed by atoms with van der Waals surface area (Å²) in [4.78, 5) is 17.0. The normalized spacial score (nSPS) is 13.1. The summed E-state index contributed by atoms with van der Waals surface area (Å²) in [6, 6.07) is 0. The number of halogens is 4. The van der Waals surface area contributed by atoms with Gasteiger partial charge >= 0.3 is 12.3 Å². The van der Waals surface area contributed by atoms with Crippen LogP contribution in [0.25, 0.3) is 0 Å². The summed E-state index contributed by atoms with van der Waals surface area (Å²) in [6.45, 7) is 8.85. The molecule has 0 rings (SSSR count). The standard InChI is InChI=1S/C16H32F3N5O2.HI/c1-14(2,3)26-13(25)23-15(4,5)10-22-12(20-6)21-8-9-24(7)11-16(17,18)19;/h8-11H2,1-7H3,(H,23,25)(H2,20,21,22);1H. The van der Waals surface area contributed by atoms with E-state index >= 15 is 0 Å². The van der Waals surface area contributed by atoms with Gasteiger partial charge in [-0.1, -0.05) is 0 Å². The molecule has 1 amide bonds. The van der Waals surface area contributed by atoms with Gasteiger partial charge in [0, 0.05) is 26.7 Å². The Balaban J connectivity index is 0. The number of aliphatic imine (C=N–C) groups is 1. The first-order chi connectivity index (χ1) is 11.6. The maximum absolute atomic E-state index is 12.3. The van der Waals surface area contributed by atoms with Crippen molar-refractivity contribution in [3.63, 3.8) is 0 Å². The van der Waals surface area contributed by atoms with Crippen LogP contribution in [0.3, 0.4) is 0 Å². The van der Waals surface area contributed by atoms with E-state index in [-0.39, 0.29) is 30.5 Å². The molecule has 0 unspecified atom stereocenters. The van der Waals surface area contributed by atoms with E-state index in [1.807, 2.05) is 13.8 Å². The summed E-state index contributed by atoms with van der Waals surface area (Å²) in [7, 11) is 2.96. The van der Waals surface area contributed by atoms with Crippen LogP contribution in [0.15, 0.2) is 4.99 Å². The molecule has 0 radical (unpaired) electrons. The smallest absolute Gasteiger partial charge is 0.408 e. The molecule has 27 heavy (non-hydrogen) atoms. The molecule has 0 saturated heterocycles. The summed E-state index contributed by atoms with van der Waals surface area (Å²) in [5, 5.41) is 8.72. The molecule has 0 aliphatic heterocycles. The summed E-state index contributed by atoms with van der Waals surface area (Å²) in [5.41, 5.74) is -1.21. The number of guanidine groups is 1. The predicted octanol–water partition coefficient (Wildman–Crippen LogP) is 2.57. The third-order valence-electron chi connectivity index (χ3n) is 3.00. The second kappa shape index (κ2) is 11.8. The largest absolute Gasteiger partial charge is 0.444 e. The molecular weight excluding hydrogens is 478 g/mol. The lowest BCUT2D eigenvalue weighted by Gasteiger charge is -2.29. The van der Waals surface area contributed by atoms with Crippen molar-refractivity contribution in [1.29, 1.82) is 0 Å². The van der Waals surface area contributed by atoms with E-state index in [4.69, 9.17) is 4.74 Å². The van der Waals surface area contributed by atoms with Crippen molar-refractivity contribution in [2.45, 2.75) is 51.9 Å². The van der Waals surface area contributed by atoms with E-state index in [0.717, 1.165) is 0 Å². The zero-order valence-electron chi connectivity index (χ0n) is 17.1. The number of likely N-dealkylation sites (N-methyl/N-ethyl adjacent to an activating group) is 1. The molecule has 11 heteroatoms. The van der Waals surface area contributed by atoms with Gasteiger partial charge in [0.15, 0.2) is 5.96 Å². The fourth-order valence-corrected chi connectivity index (χ4v) is 1.90. The summed E-state index contributed by atoms with van der Waals surface area (Å²) < 4.78 is 42.0. The Bertz CT molecular complexity index is 480. The number of hydrogen-bond donors (Lipinski definition) is 3. The fraction of sp³-hybridized carbons (Fsp3) is 0.875. The first kappa shape index (κ1) is 28.2. The number of nitrogens with zero attached hydrogens (tertiary/aromatic N) is 2. The average Bonchev–Trinajstić information content (AvgIpc) is 2.37. The van der Waals surface area contributed by atoms with Crippen molar-refractivity contribution in [2.24, 2.45) is 4.99 Å². The number of carbonyl (C=O) groups excluding carboxylic acids is 1. The number of carbonyl (C=O) groups is 1. The zero-order valence-corrected chi connectivity index (χ0v) is 19.4. The number of amides is 1. The van der Waals surface area contributed by atoms with E-state index in [1.165, 1.54) is 11.9 Å². The molecule has 0 aromatic carbocycles. The molecule has 0 atom stereocenters. The summed E-state index contributed by atoms with van der Waals surface area (Å²) in [6.07, 6.45) is -4.74. The highest BCUT2D eigenvalue weighted by Gasteiger charge is 2.29. The first-order valence-corrected chi connectivity index (χ1v) is 8.34. The molecule has 0 aliphatic carbocycles. The lowest BCUT2D eigenvalue weighted by Crippen LogP contribution is -2.54. The molecule has 0 aromatic rings. The van der Waals surface area contributed by atoms with Gasteiger partial charge in [-0.2, -0.15) is 13.2 Å². The zero-order chi connectivity index (χ0) is 20.6. The molecule has 0 fully saturated rings. The number of hydrogen-bond acceptors (Lipinski definition) is 4. The van der Waals surface area contributed by atoms with E-state index in [0.29, 0.717) is 19.0 Å². The average molecular weight is 511 g/mol. The van der Waals surface area contributed by atoms with Gasteiger partial charge in [-0.3, -0.25) is 9.89 Å². The van der Waals surface area contributed by atoms with Crippen molar-refractivity contribution in [1.82, 2.24) is 20.9 Å². The van der Waals surface area contributed by atoms with E-state index in [1.54, 1.807) is 27.8 Å². The van der Waals surface area contributed by atoms with Crippen molar-refractivity contribution < 1.29 is 22.7 Å². The van der Waals surface area contributed by atoms with Crippen LogP contribution in [0.2, 0.25) is 0 Å². The molecule has 0 bridgehead atoms. The highest BCUT2D eigenvalue weighted by Crippen LogP contribution is 2.15. The number of rotatable bonds is 7. The first-order valence-electron chi connectivity index (χ1n) is 8.34. The van der Waals surface area contributed by atoms with Gasteiger partial charge in [-0.05, 0) is 41.7 Å². The van der Waals surface area contributed by atoms with Crippen LogP contribution in [-0.2, 0) is 4.74 Å². The quantitative estimate of drug-likeness (QED) is 0.278. The predicted molar refractivity (Wildman–Crippen MR) is 112 cm³/mol. The van der Waals surface area contributed by atoms with Gasteiger partial charge in [-0.25, -0.2) is 4.79 Å². The molecule has 0 heterocycles. The molecular formula is C16H33F3IN5O2. The minimum absolute atomic E-state index is 0. The van der Waals surface area contributed by atoms with Gasteiger partial charge in [0.25, 0.3) is 0 Å². The molecule has 0 aromatic heterocycles. The Morgan fingerprint density at radius 3 is 2.11 bits per heavy atom. The molecule has 0 saturated carbocycles. The van der Waals surface area contributed by atoms with Crippen LogP contribution < -0.4 is 16.0 Å². The van der Waals surface area contributed by atoms with Crippen molar-refractivity contribution >= 4 is 36.0 Å². The molecule has 0 aliphatic rings. The minimum atomic E-state index is -4.22. The molecule has 7 nitrogen and oxygen atoms in total. The van der Waals surface area contributed by atoms with Crippen LogP contribution in [0.5, 0.6) is 0 Å². The number of alkyl halides is 3. The Morgan fingerprint density at radius 2 is 1.67 bits per heavy atom. The molecule has 162 valence electrons. The van der Waals surface area contributed by atoms with E-state index in [9.17, 15) is 18.0 Å². The van der Waals surface area contributed by atoms with Crippen molar-refractivity contribution in [3.05, 3.63) is 0 Å². The summed E-state index contributed by atoms with van der Waals surface area (Å²) >= 11 is 0. The third kappa shape index (κ3) is 16.9. The van der Waals surface area contributed by atoms with Crippen LogP contribution >= 0.6 is 24.0 Å². The number of ether oxygens (including phenoxy) is 1. The second-order valence-corrected chi connectivity index (χ2v) is 7.72. The Morgan fingerprint density at radius 1 is 1.11 bits per heavy atom. The van der Waals surface area contributed by atoms with Gasteiger partial charge < -0.3 is 20.7 Å². The van der Waals surface area contributed by atoms with E-state index < -0.39 is 30.0 Å². The van der Waals surface area contributed by atoms with Gasteiger partial charge in [0.05, 0.1) is 12.1 Å². The summed E-state index contributed by atoms with van der Waals surface area (Å²) in [5.74, 6) is 0.435. The monoisotopic (exact) mass is 511 g/mol. The Kier molecular flexibility index (Phi) is 12.3. The highest BCUT2D eigenvalue weighted by molar-refractivity contribution is 14.0. The molecule has 0 spiro atoms. The third-order valence-corrected chi connectivity index (χ3v) is 3.00. The van der Waals surface area contributed by atoms with Crippen LogP contribution in [-0.4, -0.2) is 74.5 Å². The van der Waals surface area contributed by atoms with Crippen molar-refractivity contribution in [2.75, 3.05) is 40.3 Å². The topological polar surface area (TPSA) is 78.0 Å². The van der Waals surface area contributed by atoms with Gasteiger partial charge in [-0.15, -0.1) is 24.0 Å². The van der Waals surface area contributed by atoms with Crippen LogP contribution in [0.4, 0.5) is 18.0 Å². The fourth-order valence-electron chi connectivity index (χ4n) is 1.90. The Hall–Kier alpha value is -0.980. The van der Waals surface area contributed by atoms with Crippen LogP contribution in [0, 0.1) is 0 Å². The maximum Gasteiger partial charge on any atom is 0.408 e.